The smallest absolute Gasteiger partial charge is 0.193 e. The number of hydrogen-bond acceptors (Lipinski definition) is 4. The summed E-state index contributed by atoms with van der Waals surface area (Å²) in [6.45, 7) is 0. The van der Waals surface area contributed by atoms with Crippen LogP contribution >= 0.6 is 0 Å². The molecule has 1 aromatic rings. The highest BCUT2D eigenvalue weighted by Gasteiger charge is 2.32. The maximum absolute atomic E-state index is 14.1. The fourth-order valence-corrected chi connectivity index (χ4v) is 2.57. The largest absolute Gasteiger partial charge is 0.493 e. The summed E-state index contributed by atoms with van der Waals surface area (Å²) in [5.41, 5.74) is 13.4. The number of ether oxygens (including phenoxy) is 2. The SMILES string of the molecule is COC1=C2OC(N)=CC(N)=C2C(c2ccccc2F)C=C1. The van der Waals surface area contributed by atoms with Crippen molar-refractivity contribution >= 4 is 0 Å². The Labute approximate surface area is 121 Å². The Morgan fingerprint density at radius 2 is 2.00 bits per heavy atom. The van der Waals surface area contributed by atoms with E-state index in [1.165, 1.54) is 19.3 Å². The molecule has 5 heteroatoms. The first-order valence-electron chi connectivity index (χ1n) is 6.47. The Bertz CT molecular complexity index is 717. The summed E-state index contributed by atoms with van der Waals surface area (Å²) in [6, 6.07) is 6.58. The van der Waals surface area contributed by atoms with Crippen LogP contribution in [0.4, 0.5) is 4.39 Å². The molecule has 0 saturated heterocycles. The summed E-state index contributed by atoms with van der Waals surface area (Å²) in [5, 5.41) is 0. The first-order chi connectivity index (χ1) is 10.1. The summed E-state index contributed by atoms with van der Waals surface area (Å²) < 4.78 is 24.9. The molecule has 4 nitrogen and oxygen atoms in total. The van der Waals surface area contributed by atoms with E-state index in [9.17, 15) is 4.39 Å². The third kappa shape index (κ3) is 2.16. The van der Waals surface area contributed by atoms with Gasteiger partial charge in [-0.15, -0.1) is 0 Å². The molecule has 108 valence electrons. The van der Waals surface area contributed by atoms with Crippen LogP contribution in [0.1, 0.15) is 11.5 Å². The lowest BCUT2D eigenvalue weighted by molar-refractivity contribution is 0.235. The molecule has 1 heterocycles. The van der Waals surface area contributed by atoms with Crippen molar-refractivity contribution in [3.63, 3.8) is 0 Å². The van der Waals surface area contributed by atoms with Crippen molar-refractivity contribution in [3.05, 3.63) is 82.5 Å². The molecule has 1 aromatic carbocycles. The molecule has 0 spiro atoms. The van der Waals surface area contributed by atoms with Crippen molar-refractivity contribution in [2.75, 3.05) is 7.11 Å². The van der Waals surface area contributed by atoms with Crippen molar-refractivity contribution < 1.29 is 13.9 Å². The molecule has 0 saturated carbocycles. The lowest BCUT2D eigenvalue weighted by Gasteiger charge is -2.29. The van der Waals surface area contributed by atoms with E-state index in [1.807, 2.05) is 6.08 Å². The van der Waals surface area contributed by atoms with E-state index in [1.54, 1.807) is 24.3 Å². The summed E-state index contributed by atoms with van der Waals surface area (Å²) >= 11 is 0. The zero-order valence-electron chi connectivity index (χ0n) is 11.5. The van der Waals surface area contributed by atoms with Crippen molar-refractivity contribution in [2.45, 2.75) is 5.92 Å². The number of hydrogen-bond donors (Lipinski definition) is 2. The van der Waals surface area contributed by atoms with Gasteiger partial charge in [0.25, 0.3) is 0 Å². The highest BCUT2D eigenvalue weighted by molar-refractivity contribution is 5.55. The predicted molar refractivity (Wildman–Crippen MR) is 76.9 cm³/mol. The van der Waals surface area contributed by atoms with Gasteiger partial charge >= 0.3 is 0 Å². The Morgan fingerprint density at radius 1 is 1.24 bits per heavy atom. The van der Waals surface area contributed by atoms with Gasteiger partial charge in [-0.1, -0.05) is 24.3 Å². The van der Waals surface area contributed by atoms with Crippen molar-refractivity contribution in [2.24, 2.45) is 11.5 Å². The van der Waals surface area contributed by atoms with E-state index in [0.717, 1.165) is 0 Å². The normalized spacial score (nSPS) is 20.9. The second-order valence-corrected chi connectivity index (χ2v) is 4.77. The number of allylic oxidation sites excluding steroid dienone is 4. The lowest BCUT2D eigenvalue weighted by atomic mass is 9.84. The Hall–Kier alpha value is -2.69. The molecule has 0 amide bonds. The van der Waals surface area contributed by atoms with Crippen LogP contribution in [0.5, 0.6) is 0 Å². The van der Waals surface area contributed by atoms with Crippen LogP contribution < -0.4 is 11.5 Å². The maximum Gasteiger partial charge on any atom is 0.193 e. The van der Waals surface area contributed by atoms with Gasteiger partial charge in [0.1, 0.15) is 5.82 Å². The number of halogens is 1. The van der Waals surface area contributed by atoms with Gasteiger partial charge in [-0.3, -0.25) is 0 Å². The monoisotopic (exact) mass is 286 g/mol. The molecule has 2 aliphatic rings. The second kappa shape index (κ2) is 5.01. The van der Waals surface area contributed by atoms with Crippen molar-refractivity contribution in [3.8, 4) is 0 Å². The van der Waals surface area contributed by atoms with Crippen LogP contribution in [0.2, 0.25) is 0 Å². The van der Waals surface area contributed by atoms with Gasteiger partial charge in [-0.05, 0) is 17.7 Å². The van der Waals surface area contributed by atoms with Crippen LogP contribution in [0.15, 0.2) is 71.2 Å². The van der Waals surface area contributed by atoms with Gasteiger partial charge in [0.2, 0.25) is 0 Å². The Balaban J connectivity index is 2.18. The molecule has 1 aliphatic carbocycles. The molecular weight excluding hydrogens is 271 g/mol. The fourth-order valence-electron chi connectivity index (χ4n) is 2.57. The van der Waals surface area contributed by atoms with E-state index < -0.39 is 0 Å². The molecule has 0 fully saturated rings. The van der Waals surface area contributed by atoms with E-state index in [2.05, 4.69) is 0 Å². The first kappa shape index (κ1) is 13.3. The third-order valence-electron chi connectivity index (χ3n) is 3.51. The van der Waals surface area contributed by atoms with Gasteiger partial charge < -0.3 is 20.9 Å². The number of fused-ring (bicyclic) bond motifs is 1. The molecule has 1 aliphatic heterocycles. The van der Waals surface area contributed by atoms with Gasteiger partial charge in [-0.2, -0.15) is 0 Å². The predicted octanol–water partition coefficient (Wildman–Crippen LogP) is 2.38. The minimum Gasteiger partial charge on any atom is -0.493 e. The number of benzene rings is 1. The third-order valence-corrected chi connectivity index (χ3v) is 3.51. The highest BCUT2D eigenvalue weighted by Crippen LogP contribution is 2.41. The molecule has 1 unspecified atom stereocenters. The van der Waals surface area contributed by atoms with Crippen molar-refractivity contribution in [1.29, 1.82) is 0 Å². The highest BCUT2D eigenvalue weighted by atomic mass is 19.1. The summed E-state index contributed by atoms with van der Waals surface area (Å²) in [5.74, 6) is 0.491. The van der Waals surface area contributed by atoms with Gasteiger partial charge in [-0.25, -0.2) is 4.39 Å². The Morgan fingerprint density at radius 3 is 2.71 bits per heavy atom. The topological polar surface area (TPSA) is 70.5 Å². The van der Waals surface area contributed by atoms with Gasteiger partial charge in [0.05, 0.1) is 7.11 Å². The summed E-state index contributed by atoms with van der Waals surface area (Å²) in [7, 11) is 1.53. The fraction of sp³-hybridized carbons (Fsp3) is 0.125. The zero-order valence-corrected chi connectivity index (χ0v) is 11.5. The number of rotatable bonds is 2. The molecule has 4 N–H and O–H groups in total. The zero-order chi connectivity index (χ0) is 15.0. The number of methoxy groups -OCH3 is 1. The molecule has 1 atom stereocenters. The standard InChI is InChI=1S/C16H15FN2O2/c1-20-13-7-6-10(9-4-2-3-5-11(9)17)15-12(18)8-14(19)21-16(13)15/h2-8,10H,18-19H2,1H3. The van der Waals surface area contributed by atoms with Crippen LogP contribution in [0, 0.1) is 5.82 Å². The van der Waals surface area contributed by atoms with Crippen molar-refractivity contribution in [1.82, 2.24) is 0 Å². The first-order valence-corrected chi connectivity index (χ1v) is 6.47. The summed E-state index contributed by atoms with van der Waals surface area (Å²) in [6.07, 6.45) is 5.10. The van der Waals surface area contributed by atoms with E-state index >= 15 is 0 Å². The van der Waals surface area contributed by atoms with Gasteiger partial charge in [0.15, 0.2) is 17.4 Å². The van der Waals surface area contributed by atoms with Crippen LogP contribution in [-0.4, -0.2) is 7.11 Å². The molecule has 3 rings (SSSR count). The molecule has 0 radical (unpaired) electrons. The molecule has 0 bridgehead atoms. The summed E-state index contributed by atoms with van der Waals surface area (Å²) in [4.78, 5) is 0. The Kier molecular flexibility index (Phi) is 3.17. The average molecular weight is 286 g/mol. The quantitative estimate of drug-likeness (QED) is 0.875. The maximum atomic E-state index is 14.1. The van der Waals surface area contributed by atoms with E-state index in [0.29, 0.717) is 28.4 Å². The average Bonchev–Trinajstić information content (AvgIpc) is 2.46. The minimum atomic E-state index is -0.343. The minimum absolute atomic E-state index is 0.184. The molecule has 0 aromatic heterocycles. The van der Waals surface area contributed by atoms with Crippen LogP contribution in [-0.2, 0) is 9.47 Å². The van der Waals surface area contributed by atoms with Gasteiger partial charge in [0, 0.05) is 23.3 Å². The molecular formula is C16H15FN2O2. The van der Waals surface area contributed by atoms with Crippen LogP contribution in [0.25, 0.3) is 0 Å². The number of nitrogens with two attached hydrogens (primary N) is 2. The second-order valence-electron chi connectivity index (χ2n) is 4.77. The lowest BCUT2D eigenvalue weighted by Crippen LogP contribution is -2.22. The van der Waals surface area contributed by atoms with E-state index in [-0.39, 0.29) is 17.6 Å². The van der Waals surface area contributed by atoms with Crippen LogP contribution in [0.3, 0.4) is 0 Å². The molecule has 21 heavy (non-hydrogen) atoms. The van der Waals surface area contributed by atoms with E-state index in [4.69, 9.17) is 20.9 Å².